The lowest BCUT2D eigenvalue weighted by Gasteiger charge is -2.10. The van der Waals surface area contributed by atoms with Crippen LogP contribution in [-0.4, -0.2) is 17.9 Å². The van der Waals surface area contributed by atoms with E-state index >= 15 is 0 Å². The van der Waals surface area contributed by atoms with Crippen LogP contribution in [0.15, 0.2) is 12.1 Å². The summed E-state index contributed by atoms with van der Waals surface area (Å²) in [6.07, 6.45) is 2.51. The van der Waals surface area contributed by atoms with Gasteiger partial charge in [-0.2, -0.15) is 11.8 Å². The number of carbonyl (C=O) groups is 1. The van der Waals surface area contributed by atoms with Crippen molar-refractivity contribution in [3.63, 3.8) is 0 Å². The molecule has 0 aliphatic heterocycles. The van der Waals surface area contributed by atoms with Crippen molar-refractivity contribution >= 4 is 29.0 Å². The Morgan fingerprint density at radius 1 is 1.38 bits per heavy atom. The summed E-state index contributed by atoms with van der Waals surface area (Å²) in [7, 11) is 0. The van der Waals surface area contributed by atoms with Gasteiger partial charge in [-0.1, -0.05) is 0 Å². The molecule has 0 unspecified atom stereocenters. The lowest BCUT2D eigenvalue weighted by atomic mass is 10.1. The van der Waals surface area contributed by atoms with Gasteiger partial charge in [-0.3, -0.25) is 4.79 Å². The Bertz CT molecular complexity index is 391. The molecule has 4 heteroatoms. The number of hydrogen-bond donors (Lipinski definition) is 2. The van der Waals surface area contributed by atoms with Gasteiger partial charge in [-0.25, -0.2) is 0 Å². The van der Waals surface area contributed by atoms with E-state index in [2.05, 4.69) is 5.32 Å². The molecule has 0 bridgehead atoms. The summed E-state index contributed by atoms with van der Waals surface area (Å²) in [6.45, 7) is 4.01. The van der Waals surface area contributed by atoms with E-state index in [4.69, 9.17) is 5.73 Å². The molecule has 0 fully saturated rings. The van der Waals surface area contributed by atoms with Gasteiger partial charge in [0.2, 0.25) is 5.91 Å². The van der Waals surface area contributed by atoms with Crippen LogP contribution in [0.3, 0.4) is 0 Å². The Balaban J connectivity index is 2.73. The van der Waals surface area contributed by atoms with Gasteiger partial charge in [0, 0.05) is 12.2 Å². The highest BCUT2D eigenvalue weighted by atomic mass is 32.2. The van der Waals surface area contributed by atoms with Crippen molar-refractivity contribution in [1.82, 2.24) is 0 Å². The van der Waals surface area contributed by atoms with E-state index < -0.39 is 0 Å². The molecule has 0 saturated heterocycles. The number of thioether (sulfide) groups is 1. The van der Waals surface area contributed by atoms with Crippen molar-refractivity contribution in [3.8, 4) is 0 Å². The SMILES string of the molecule is CSCCC(=O)Nc1cc(C)c(C)cc1N. The second kappa shape index (κ2) is 5.80. The Kier molecular flexibility index (Phi) is 4.68. The number of nitrogens with two attached hydrogens (primary N) is 1. The fourth-order valence-corrected chi connectivity index (χ4v) is 1.74. The highest BCUT2D eigenvalue weighted by molar-refractivity contribution is 7.98. The van der Waals surface area contributed by atoms with Gasteiger partial charge in [0.15, 0.2) is 0 Å². The Labute approximate surface area is 101 Å². The number of carbonyl (C=O) groups excluding carboxylic acids is 1. The second-order valence-corrected chi connectivity index (χ2v) is 4.80. The van der Waals surface area contributed by atoms with Gasteiger partial charge in [0.1, 0.15) is 0 Å². The fraction of sp³-hybridized carbons (Fsp3) is 0.417. The molecule has 1 amide bonds. The van der Waals surface area contributed by atoms with Crippen LogP contribution in [-0.2, 0) is 4.79 Å². The monoisotopic (exact) mass is 238 g/mol. The number of amides is 1. The van der Waals surface area contributed by atoms with Crippen molar-refractivity contribution in [3.05, 3.63) is 23.3 Å². The predicted molar refractivity (Wildman–Crippen MR) is 72.0 cm³/mol. The van der Waals surface area contributed by atoms with E-state index in [-0.39, 0.29) is 5.91 Å². The second-order valence-electron chi connectivity index (χ2n) is 3.81. The first-order valence-corrected chi connectivity index (χ1v) is 6.59. The molecule has 88 valence electrons. The van der Waals surface area contributed by atoms with Crippen LogP contribution in [0.1, 0.15) is 17.5 Å². The standard InChI is InChI=1S/C12H18N2OS/c1-8-6-10(13)11(7-9(8)2)14-12(15)4-5-16-3/h6-7H,4-5,13H2,1-3H3,(H,14,15). The molecule has 0 spiro atoms. The first-order valence-electron chi connectivity index (χ1n) is 5.20. The molecule has 0 radical (unpaired) electrons. The first kappa shape index (κ1) is 12.9. The molecule has 3 nitrogen and oxygen atoms in total. The van der Waals surface area contributed by atoms with E-state index in [9.17, 15) is 4.79 Å². The molecular formula is C12H18N2OS. The van der Waals surface area contributed by atoms with Crippen molar-refractivity contribution in [1.29, 1.82) is 0 Å². The zero-order valence-electron chi connectivity index (χ0n) is 9.96. The van der Waals surface area contributed by atoms with Gasteiger partial charge in [0.05, 0.1) is 11.4 Å². The zero-order valence-corrected chi connectivity index (χ0v) is 10.8. The van der Waals surface area contributed by atoms with E-state index in [0.29, 0.717) is 17.8 Å². The number of benzene rings is 1. The number of aryl methyl sites for hydroxylation is 2. The highest BCUT2D eigenvalue weighted by Gasteiger charge is 2.06. The summed E-state index contributed by atoms with van der Waals surface area (Å²) in [5, 5.41) is 2.84. The third-order valence-electron chi connectivity index (χ3n) is 2.47. The van der Waals surface area contributed by atoms with Crippen molar-refractivity contribution in [2.24, 2.45) is 0 Å². The molecule has 1 rings (SSSR count). The van der Waals surface area contributed by atoms with Crippen LogP contribution in [0.5, 0.6) is 0 Å². The Morgan fingerprint density at radius 2 is 2.00 bits per heavy atom. The van der Waals surface area contributed by atoms with Gasteiger partial charge in [-0.05, 0) is 43.4 Å². The molecule has 0 atom stereocenters. The number of nitrogens with one attached hydrogen (secondary N) is 1. The first-order chi connectivity index (χ1) is 7.54. The van der Waals surface area contributed by atoms with Crippen LogP contribution in [0.4, 0.5) is 11.4 Å². The lowest BCUT2D eigenvalue weighted by molar-refractivity contribution is -0.115. The van der Waals surface area contributed by atoms with Gasteiger partial charge in [-0.15, -0.1) is 0 Å². The van der Waals surface area contributed by atoms with E-state index in [1.807, 2.05) is 32.2 Å². The third kappa shape index (κ3) is 3.45. The van der Waals surface area contributed by atoms with E-state index in [1.165, 1.54) is 0 Å². The minimum Gasteiger partial charge on any atom is -0.397 e. The lowest BCUT2D eigenvalue weighted by Crippen LogP contribution is -2.13. The number of hydrogen-bond acceptors (Lipinski definition) is 3. The molecule has 3 N–H and O–H groups in total. The van der Waals surface area contributed by atoms with E-state index in [0.717, 1.165) is 16.9 Å². The summed E-state index contributed by atoms with van der Waals surface area (Å²) in [4.78, 5) is 11.5. The van der Waals surface area contributed by atoms with Crippen LogP contribution >= 0.6 is 11.8 Å². The molecule has 16 heavy (non-hydrogen) atoms. The van der Waals surface area contributed by atoms with E-state index in [1.54, 1.807) is 11.8 Å². The third-order valence-corrected chi connectivity index (χ3v) is 3.09. The average Bonchev–Trinajstić information content (AvgIpc) is 2.23. The molecule has 0 saturated carbocycles. The van der Waals surface area contributed by atoms with Crippen LogP contribution in [0.25, 0.3) is 0 Å². The van der Waals surface area contributed by atoms with Gasteiger partial charge in [0.25, 0.3) is 0 Å². The molecule has 1 aromatic carbocycles. The minimum absolute atomic E-state index is 0.0179. The maximum absolute atomic E-state index is 11.5. The van der Waals surface area contributed by atoms with Crippen LogP contribution in [0.2, 0.25) is 0 Å². The fourth-order valence-electron chi connectivity index (χ4n) is 1.35. The average molecular weight is 238 g/mol. The maximum Gasteiger partial charge on any atom is 0.225 e. The molecule has 0 aromatic heterocycles. The summed E-state index contributed by atoms with van der Waals surface area (Å²) >= 11 is 1.66. The quantitative estimate of drug-likeness (QED) is 0.793. The zero-order chi connectivity index (χ0) is 12.1. The molecule has 0 aliphatic rings. The minimum atomic E-state index is 0.0179. The van der Waals surface area contributed by atoms with Gasteiger partial charge < -0.3 is 11.1 Å². The smallest absolute Gasteiger partial charge is 0.225 e. The number of rotatable bonds is 4. The maximum atomic E-state index is 11.5. The molecule has 0 heterocycles. The molecule has 1 aromatic rings. The van der Waals surface area contributed by atoms with Gasteiger partial charge >= 0.3 is 0 Å². The largest absolute Gasteiger partial charge is 0.397 e. The highest BCUT2D eigenvalue weighted by Crippen LogP contribution is 2.23. The molecular weight excluding hydrogens is 220 g/mol. The number of nitrogen functional groups attached to an aromatic ring is 1. The summed E-state index contributed by atoms with van der Waals surface area (Å²) in [6, 6.07) is 3.81. The summed E-state index contributed by atoms with van der Waals surface area (Å²) < 4.78 is 0. The molecule has 0 aliphatic carbocycles. The predicted octanol–water partition coefficient (Wildman–Crippen LogP) is 2.58. The van der Waals surface area contributed by atoms with Crippen LogP contribution < -0.4 is 11.1 Å². The summed E-state index contributed by atoms with van der Waals surface area (Å²) in [5.41, 5.74) is 9.46. The van der Waals surface area contributed by atoms with Crippen molar-refractivity contribution in [2.75, 3.05) is 23.1 Å². The Morgan fingerprint density at radius 3 is 2.62 bits per heavy atom. The van der Waals surface area contributed by atoms with Crippen LogP contribution in [0, 0.1) is 13.8 Å². The van der Waals surface area contributed by atoms with Crippen molar-refractivity contribution < 1.29 is 4.79 Å². The summed E-state index contributed by atoms with van der Waals surface area (Å²) in [5.74, 6) is 0.848. The topological polar surface area (TPSA) is 55.1 Å². The normalized spacial score (nSPS) is 10.2. The van der Waals surface area contributed by atoms with Crippen molar-refractivity contribution in [2.45, 2.75) is 20.3 Å². The Hall–Kier alpha value is -1.16. The number of anilines is 2.